The number of esters is 2. The van der Waals surface area contributed by atoms with E-state index in [2.05, 4.69) is 5.32 Å². The zero-order valence-electron chi connectivity index (χ0n) is 21.0. The van der Waals surface area contributed by atoms with E-state index in [1.54, 1.807) is 19.1 Å². The van der Waals surface area contributed by atoms with Crippen LogP contribution in [-0.2, 0) is 25.7 Å². The molecule has 3 rings (SSSR count). The lowest BCUT2D eigenvalue weighted by Gasteiger charge is -2.39. The van der Waals surface area contributed by atoms with Crippen molar-refractivity contribution in [2.45, 2.75) is 45.8 Å². The van der Waals surface area contributed by atoms with E-state index in [9.17, 15) is 14.4 Å². The maximum Gasteiger partial charge on any atom is 0.362 e. The first-order chi connectivity index (χ1) is 16.8. The van der Waals surface area contributed by atoms with Gasteiger partial charge >= 0.3 is 11.9 Å². The van der Waals surface area contributed by atoms with Gasteiger partial charge < -0.3 is 24.0 Å². The summed E-state index contributed by atoms with van der Waals surface area (Å²) in [4.78, 5) is 38.9. The van der Waals surface area contributed by atoms with E-state index in [1.807, 2.05) is 37.3 Å². The van der Waals surface area contributed by atoms with Crippen LogP contribution in [-0.4, -0.2) is 62.2 Å². The summed E-state index contributed by atoms with van der Waals surface area (Å²) in [6, 6.07) is 12.4. The number of amides is 1. The van der Waals surface area contributed by atoms with Crippen molar-refractivity contribution in [3.05, 3.63) is 59.2 Å². The van der Waals surface area contributed by atoms with Crippen LogP contribution in [0.2, 0.25) is 0 Å². The number of quaternary nitrogens is 1. The van der Waals surface area contributed by atoms with Gasteiger partial charge in [-0.3, -0.25) is 4.79 Å². The van der Waals surface area contributed by atoms with Crippen LogP contribution >= 0.6 is 0 Å². The molecular formula is C27H35N2O6+. The monoisotopic (exact) mass is 483 g/mol. The lowest BCUT2D eigenvalue weighted by Crippen LogP contribution is -2.60. The van der Waals surface area contributed by atoms with Crippen molar-refractivity contribution in [2.75, 3.05) is 39.2 Å². The third-order valence-electron chi connectivity index (χ3n) is 6.69. The first-order valence-electron chi connectivity index (χ1n) is 12.0. The average molecular weight is 484 g/mol. The molecular weight excluding hydrogens is 448 g/mol. The Morgan fingerprint density at radius 2 is 1.74 bits per heavy atom. The van der Waals surface area contributed by atoms with Gasteiger partial charge in [-0.25, -0.2) is 9.59 Å². The molecule has 0 aliphatic carbocycles. The number of anilines is 1. The van der Waals surface area contributed by atoms with E-state index in [-0.39, 0.29) is 30.6 Å². The van der Waals surface area contributed by atoms with E-state index < -0.39 is 12.0 Å². The molecule has 1 aliphatic rings. The Morgan fingerprint density at radius 3 is 2.34 bits per heavy atom. The molecule has 1 amide bonds. The van der Waals surface area contributed by atoms with Crippen LogP contribution in [0.5, 0.6) is 5.75 Å². The number of ether oxygens (including phenoxy) is 3. The van der Waals surface area contributed by atoms with Crippen molar-refractivity contribution in [2.24, 2.45) is 0 Å². The second kappa shape index (κ2) is 11.8. The van der Waals surface area contributed by atoms with Crippen molar-refractivity contribution in [3.63, 3.8) is 0 Å². The van der Waals surface area contributed by atoms with Crippen LogP contribution in [0.1, 0.15) is 47.7 Å². The zero-order valence-corrected chi connectivity index (χ0v) is 21.0. The minimum absolute atomic E-state index is 0.129. The van der Waals surface area contributed by atoms with Crippen LogP contribution in [0.4, 0.5) is 5.69 Å². The second-order valence-electron chi connectivity index (χ2n) is 8.95. The average Bonchev–Trinajstić information content (AvgIpc) is 3.33. The van der Waals surface area contributed by atoms with Gasteiger partial charge in [0.05, 0.1) is 38.6 Å². The molecule has 1 aliphatic heterocycles. The van der Waals surface area contributed by atoms with Crippen LogP contribution in [0, 0.1) is 6.92 Å². The first-order valence-corrected chi connectivity index (χ1v) is 12.0. The van der Waals surface area contributed by atoms with Gasteiger partial charge in [0, 0.05) is 19.3 Å². The molecule has 0 radical (unpaired) electrons. The topological polar surface area (TPSA) is 90.9 Å². The molecule has 2 aromatic carbocycles. The molecule has 1 fully saturated rings. The molecule has 188 valence electrons. The minimum Gasteiger partial charge on any atom is -0.497 e. The van der Waals surface area contributed by atoms with E-state index in [0.29, 0.717) is 27.9 Å². The number of likely N-dealkylation sites (tertiary alicyclic amines) is 1. The molecule has 35 heavy (non-hydrogen) atoms. The number of rotatable bonds is 10. The van der Waals surface area contributed by atoms with Gasteiger partial charge in [-0.2, -0.15) is 0 Å². The highest BCUT2D eigenvalue weighted by Gasteiger charge is 2.45. The molecule has 8 heteroatoms. The number of carbonyl (C=O) groups excluding carboxylic acids is 3. The SMILES string of the molecule is CCC(C(=O)Nc1c(C)cc(OC)cc1C(=O)OC)[N+]1(CC(=O)OCc2ccccc2)CCCC1. The van der Waals surface area contributed by atoms with Crippen LogP contribution < -0.4 is 10.1 Å². The summed E-state index contributed by atoms with van der Waals surface area (Å²) in [6.45, 7) is 5.52. The van der Waals surface area contributed by atoms with E-state index in [1.165, 1.54) is 14.2 Å². The highest BCUT2D eigenvalue weighted by atomic mass is 16.5. The Kier molecular flexibility index (Phi) is 8.87. The summed E-state index contributed by atoms with van der Waals surface area (Å²) < 4.78 is 16.1. The quantitative estimate of drug-likeness (QED) is 0.408. The largest absolute Gasteiger partial charge is 0.497 e. The molecule has 0 bridgehead atoms. The number of methoxy groups -OCH3 is 2. The summed E-state index contributed by atoms with van der Waals surface area (Å²) in [5.74, 6) is -0.622. The third kappa shape index (κ3) is 6.19. The van der Waals surface area contributed by atoms with E-state index in [4.69, 9.17) is 14.2 Å². The second-order valence-corrected chi connectivity index (χ2v) is 8.95. The van der Waals surface area contributed by atoms with Gasteiger partial charge in [0.15, 0.2) is 12.6 Å². The van der Waals surface area contributed by atoms with Crippen molar-refractivity contribution in [1.82, 2.24) is 0 Å². The van der Waals surface area contributed by atoms with E-state index in [0.717, 1.165) is 31.5 Å². The lowest BCUT2D eigenvalue weighted by atomic mass is 10.0. The molecule has 1 N–H and O–H groups in total. The van der Waals surface area contributed by atoms with Gasteiger partial charge in [-0.1, -0.05) is 37.3 Å². The first kappa shape index (κ1) is 26.2. The van der Waals surface area contributed by atoms with Crippen molar-refractivity contribution < 1.29 is 33.1 Å². The number of nitrogens with zero attached hydrogens (tertiary/aromatic N) is 1. The maximum absolute atomic E-state index is 13.6. The van der Waals surface area contributed by atoms with Gasteiger partial charge in [0.25, 0.3) is 5.91 Å². The fraction of sp³-hybridized carbons (Fsp3) is 0.444. The summed E-state index contributed by atoms with van der Waals surface area (Å²) in [6.07, 6.45) is 2.41. The standard InChI is InChI=1S/C27H34N2O6/c1-5-23(26(31)28-25-19(2)15-21(33-3)16-22(25)27(32)34-4)29(13-9-10-14-29)17-24(30)35-18-20-11-7-6-8-12-20/h6-8,11-12,15-16,23H,5,9-10,13-14,17-18H2,1-4H3/p+1. The Morgan fingerprint density at radius 1 is 1.06 bits per heavy atom. The van der Waals surface area contributed by atoms with Crippen molar-refractivity contribution in [1.29, 1.82) is 0 Å². The Balaban J connectivity index is 1.80. The molecule has 8 nitrogen and oxygen atoms in total. The predicted octanol–water partition coefficient (Wildman–Crippen LogP) is 3.86. The molecule has 1 heterocycles. The Labute approximate surface area is 206 Å². The molecule has 1 atom stereocenters. The highest BCUT2D eigenvalue weighted by molar-refractivity contribution is 6.03. The lowest BCUT2D eigenvalue weighted by molar-refractivity contribution is -0.924. The van der Waals surface area contributed by atoms with Gasteiger partial charge in [-0.15, -0.1) is 0 Å². The van der Waals surface area contributed by atoms with Gasteiger partial charge in [0.1, 0.15) is 12.4 Å². The highest BCUT2D eigenvalue weighted by Crippen LogP contribution is 2.31. The number of aryl methyl sites for hydroxylation is 1. The molecule has 1 unspecified atom stereocenters. The third-order valence-corrected chi connectivity index (χ3v) is 6.69. The predicted molar refractivity (Wildman–Crippen MR) is 132 cm³/mol. The molecule has 0 saturated carbocycles. The summed E-state index contributed by atoms with van der Waals surface area (Å²) in [5.41, 5.74) is 2.22. The minimum atomic E-state index is -0.565. The number of carbonyl (C=O) groups is 3. The molecule has 0 aromatic heterocycles. The molecule has 1 saturated heterocycles. The number of benzene rings is 2. The summed E-state index contributed by atoms with van der Waals surface area (Å²) >= 11 is 0. The maximum atomic E-state index is 13.6. The number of hydrogen-bond acceptors (Lipinski definition) is 6. The molecule has 0 spiro atoms. The van der Waals surface area contributed by atoms with E-state index >= 15 is 0 Å². The number of hydrogen-bond donors (Lipinski definition) is 1. The number of nitrogens with one attached hydrogen (secondary N) is 1. The Bertz CT molecular complexity index is 1050. The normalized spacial score (nSPS) is 15.2. The van der Waals surface area contributed by atoms with Crippen LogP contribution in [0.15, 0.2) is 42.5 Å². The zero-order chi connectivity index (χ0) is 25.4. The fourth-order valence-corrected chi connectivity index (χ4v) is 4.92. The van der Waals surface area contributed by atoms with Crippen LogP contribution in [0.25, 0.3) is 0 Å². The van der Waals surface area contributed by atoms with Crippen molar-refractivity contribution >= 4 is 23.5 Å². The van der Waals surface area contributed by atoms with Crippen LogP contribution in [0.3, 0.4) is 0 Å². The summed E-state index contributed by atoms with van der Waals surface area (Å²) in [5, 5.41) is 2.97. The van der Waals surface area contributed by atoms with Gasteiger partial charge in [0.2, 0.25) is 0 Å². The fourth-order valence-electron chi connectivity index (χ4n) is 4.92. The Hall–Kier alpha value is -3.39. The smallest absolute Gasteiger partial charge is 0.362 e. The molecule has 2 aromatic rings. The summed E-state index contributed by atoms with van der Waals surface area (Å²) in [7, 11) is 2.81. The van der Waals surface area contributed by atoms with Gasteiger partial charge in [-0.05, 0) is 30.2 Å². The van der Waals surface area contributed by atoms with Crippen molar-refractivity contribution in [3.8, 4) is 5.75 Å².